The zero-order chi connectivity index (χ0) is 31.3. The highest BCUT2D eigenvalue weighted by atomic mass is 35.5. The van der Waals surface area contributed by atoms with E-state index in [0.717, 1.165) is 22.7 Å². The van der Waals surface area contributed by atoms with Gasteiger partial charge in [-0.2, -0.15) is 0 Å². The molecule has 5 aliphatic rings. The van der Waals surface area contributed by atoms with E-state index in [2.05, 4.69) is 10.6 Å². The number of para-hydroxylation sites is 1. The number of nitrogens with one attached hydrogen (secondary N) is 2. The molecule has 10 heteroatoms. The van der Waals surface area contributed by atoms with E-state index >= 15 is 0 Å². The van der Waals surface area contributed by atoms with Gasteiger partial charge in [0.1, 0.15) is 17.1 Å². The molecular weight excluding hydrogens is 597 g/mol. The maximum Gasteiger partial charge on any atom is 0.335 e. The summed E-state index contributed by atoms with van der Waals surface area (Å²) >= 11 is 6.37. The molecule has 2 N–H and O–H groups in total. The van der Waals surface area contributed by atoms with E-state index in [1.807, 2.05) is 12.1 Å². The topological polar surface area (TPSA) is 105 Å². The summed E-state index contributed by atoms with van der Waals surface area (Å²) in [6, 6.07) is 17.1. The lowest BCUT2D eigenvalue weighted by Crippen LogP contribution is -2.54. The molecule has 4 bridgehead atoms. The molecule has 5 amide bonds. The third kappa shape index (κ3) is 5.61. The number of barbiturate groups is 1. The molecule has 4 aliphatic carbocycles. The molecule has 0 aromatic heterocycles. The van der Waals surface area contributed by atoms with E-state index in [1.54, 1.807) is 24.3 Å². The number of urea groups is 1. The second kappa shape index (κ2) is 11.5. The van der Waals surface area contributed by atoms with Gasteiger partial charge in [-0.1, -0.05) is 41.9 Å². The van der Waals surface area contributed by atoms with Crippen molar-refractivity contribution in [2.45, 2.75) is 43.9 Å². The van der Waals surface area contributed by atoms with Crippen molar-refractivity contribution in [2.24, 2.45) is 17.8 Å². The summed E-state index contributed by atoms with van der Waals surface area (Å²) in [7, 11) is 0. The molecule has 3 aromatic rings. The predicted octanol–water partition coefficient (Wildman–Crippen LogP) is 6.63. The van der Waals surface area contributed by atoms with Gasteiger partial charge in [-0.25, -0.2) is 14.1 Å². The van der Waals surface area contributed by atoms with Gasteiger partial charge in [0.2, 0.25) is 0 Å². The first-order valence-electron chi connectivity index (χ1n) is 15.2. The summed E-state index contributed by atoms with van der Waals surface area (Å²) in [4.78, 5) is 52.3. The first-order chi connectivity index (χ1) is 21.7. The Morgan fingerprint density at radius 3 is 2.29 bits per heavy atom. The summed E-state index contributed by atoms with van der Waals surface area (Å²) < 4.78 is 19.3. The number of nitrogens with zero attached hydrogens (tertiary/aromatic N) is 1. The van der Waals surface area contributed by atoms with Gasteiger partial charge in [0, 0.05) is 0 Å². The monoisotopic (exact) mass is 627 g/mol. The van der Waals surface area contributed by atoms with Gasteiger partial charge in [-0.3, -0.25) is 19.7 Å². The Morgan fingerprint density at radius 2 is 1.64 bits per heavy atom. The van der Waals surface area contributed by atoms with Crippen LogP contribution in [0.25, 0.3) is 6.08 Å². The van der Waals surface area contributed by atoms with Crippen molar-refractivity contribution in [3.63, 3.8) is 0 Å². The Kier molecular flexibility index (Phi) is 7.44. The number of ether oxygens (including phenoxy) is 1. The number of carbonyl (C=O) groups is 4. The average Bonchev–Trinajstić information content (AvgIpc) is 2.99. The van der Waals surface area contributed by atoms with E-state index in [0.29, 0.717) is 11.3 Å². The molecule has 3 aromatic carbocycles. The standard InChI is InChI=1S/C35H31ClFN3O5/c36-27-15-20(5-10-30(27)45-19-31(41)38-29-4-2-1-3-28(29)37)14-26-32(42)39-34(44)40(33(26)43)25-8-6-24(7-9-25)35-16-21-11-22(17-35)13-23(12-21)18-35/h1-10,14-15,21-23H,11-13,16-19H2,(H,38,41)(H,39,42,44)/b26-14+. The summed E-state index contributed by atoms with van der Waals surface area (Å²) in [5.41, 5.74) is 2.05. The zero-order valence-corrected chi connectivity index (χ0v) is 25.1. The number of imide groups is 2. The molecule has 1 heterocycles. The Balaban J connectivity index is 1.05. The Bertz CT molecular complexity index is 1720. The van der Waals surface area contributed by atoms with Crippen LogP contribution in [0.5, 0.6) is 5.75 Å². The minimum Gasteiger partial charge on any atom is -0.482 e. The third-order valence-corrected chi connectivity index (χ3v) is 9.95. The largest absolute Gasteiger partial charge is 0.482 e. The SMILES string of the molecule is O=C(COc1ccc(/C=C2\C(=O)NC(=O)N(c3ccc(C45CC6CC(CC(C6)C4)C5)cc3)C2=O)cc1Cl)Nc1ccccc1F. The van der Waals surface area contributed by atoms with Crippen LogP contribution in [0, 0.1) is 23.6 Å². The number of rotatable bonds is 7. The van der Waals surface area contributed by atoms with Crippen molar-refractivity contribution < 1.29 is 28.3 Å². The summed E-state index contributed by atoms with van der Waals surface area (Å²) in [6.45, 7) is -0.423. The number of anilines is 2. The lowest BCUT2D eigenvalue weighted by molar-refractivity contribution is -0.122. The van der Waals surface area contributed by atoms with Gasteiger partial charge in [0.15, 0.2) is 6.61 Å². The minimum atomic E-state index is -0.812. The Labute approximate surface area is 264 Å². The lowest BCUT2D eigenvalue weighted by atomic mass is 9.48. The van der Waals surface area contributed by atoms with Crippen LogP contribution in [0.1, 0.15) is 49.7 Å². The molecule has 5 fully saturated rings. The fourth-order valence-electron chi connectivity index (χ4n) is 8.10. The van der Waals surface area contributed by atoms with Gasteiger partial charge in [-0.05, 0) is 115 Å². The highest BCUT2D eigenvalue weighted by molar-refractivity contribution is 6.39. The molecule has 8 rings (SSSR count). The zero-order valence-electron chi connectivity index (χ0n) is 24.4. The molecule has 0 spiro atoms. The van der Waals surface area contributed by atoms with Crippen LogP contribution in [0.3, 0.4) is 0 Å². The molecule has 1 saturated heterocycles. The number of carbonyl (C=O) groups excluding carboxylic acids is 4. The normalized spacial score (nSPS) is 26.3. The van der Waals surface area contributed by atoms with Crippen LogP contribution in [0.2, 0.25) is 5.02 Å². The molecule has 45 heavy (non-hydrogen) atoms. The molecular formula is C35H31ClFN3O5. The Morgan fingerprint density at radius 1 is 0.978 bits per heavy atom. The second-order valence-electron chi connectivity index (χ2n) is 12.7. The van der Waals surface area contributed by atoms with Crippen LogP contribution in [-0.2, 0) is 19.8 Å². The van der Waals surface area contributed by atoms with Crippen LogP contribution in [0.15, 0.2) is 72.3 Å². The minimum absolute atomic E-state index is 0.0284. The predicted molar refractivity (Wildman–Crippen MR) is 167 cm³/mol. The van der Waals surface area contributed by atoms with Crippen molar-refractivity contribution in [1.82, 2.24) is 5.32 Å². The van der Waals surface area contributed by atoms with Crippen LogP contribution >= 0.6 is 11.6 Å². The second-order valence-corrected chi connectivity index (χ2v) is 13.1. The van der Waals surface area contributed by atoms with Crippen LogP contribution in [0.4, 0.5) is 20.6 Å². The fourth-order valence-corrected chi connectivity index (χ4v) is 8.35. The van der Waals surface area contributed by atoms with Gasteiger partial charge >= 0.3 is 6.03 Å². The fraction of sp³-hybridized carbons (Fsp3) is 0.314. The Hall–Kier alpha value is -4.50. The van der Waals surface area contributed by atoms with E-state index in [4.69, 9.17) is 16.3 Å². The number of halogens is 2. The molecule has 1 aliphatic heterocycles. The highest BCUT2D eigenvalue weighted by Gasteiger charge is 2.51. The van der Waals surface area contributed by atoms with Crippen molar-refractivity contribution >= 4 is 52.8 Å². The van der Waals surface area contributed by atoms with Crippen LogP contribution < -0.4 is 20.3 Å². The number of hydrogen-bond acceptors (Lipinski definition) is 5. The van der Waals surface area contributed by atoms with Gasteiger partial charge in [0.25, 0.3) is 17.7 Å². The molecule has 4 saturated carbocycles. The lowest BCUT2D eigenvalue weighted by Gasteiger charge is -2.57. The van der Waals surface area contributed by atoms with E-state index in [-0.39, 0.29) is 27.4 Å². The van der Waals surface area contributed by atoms with Gasteiger partial charge in [-0.15, -0.1) is 0 Å². The summed E-state index contributed by atoms with van der Waals surface area (Å²) in [6.07, 6.45) is 9.00. The maximum absolute atomic E-state index is 13.8. The smallest absolute Gasteiger partial charge is 0.335 e. The first-order valence-corrected chi connectivity index (χ1v) is 15.5. The van der Waals surface area contributed by atoms with E-state index in [1.165, 1.54) is 80.5 Å². The van der Waals surface area contributed by atoms with Crippen molar-refractivity contribution in [1.29, 1.82) is 0 Å². The first kappa shape index (κ1) is 29.2. The third-order valence-electron chi connectivity index (χ3n) is 9.65. The average molecular weight is 628 g/mol. The number of amides is 5. The van der Waals surface area contributed by atoms with Crippen LogP contribution in [-0.4, -0.2) is 30.4 Å². The van der Waals surface area contributed by atoms with Crippen molar-refractivity contribution in [3.8, 4) is 5.75 Å². The summed E-state index contributed by atoms with van der Waals surface area (Å²) in [5, 5.41) is 4.81. The molecule has 0 unspecified atom stereocenters. The quantitative estimate of drug-likeness (QED) is 0.226. The van der Waals surface area contributed by atoms with E-state index < -0.39 is 36.2 Å². The molecule has 230 valence electrons. The summed E-state index contributed by atoms with van der Waals surface area (Å²) in [5.74, 6) is -0.145. The number of hydrogen-bond donors (Lipinski definition) is 2. The molecule has 0 radical (unpaired) electrons. The van der Waals surface area contributed by atoms with E-state index in [9.17, 15) is 23.6 Å². The maximum atomic E-state index is 13.8. The van der Waals surface area contributed by atoms with Gasteiger partial charge in [0.05, 0.1) is 16.4 Å². The highest BCUT2D eigenvalue weighted by Crippen LogP contribution is 2.60. The van der Waals surface area contributed by atoms with Crippen molar-refractivity contribution in [3.05, 3.63) is 94.3 Å². The number of benzene rings is 3. The van der Waals surface area contributed by atoms with Crippen molar-refractivity contribution in [2.75, 3.05) is 16.8 Å². The molecule has 8 nitrogen and oxygen atoms in total. The molecule has 0 atom stereocenters. The van der Waals surface area contributed by atoms with Gasteiger partial charge < -0.3 is 10.1 Å².